The summed E-state index contributed by atoms with van der Waals surface area (Å²) in [5.74, 6) is 1.07. The lowest BCUT2D eigenvalue weighted by Gasteiger charge is -2.21. The van der Waals surface area contributed by atoms with Gasteiger partial charge in [-0.15, -0.1) is 0 Å². The van der Waals surface area contributed by atoms with Gasteiger partial charge in [0.25, 0.3) is 0 Å². The van der Waals surface area contributed by atoms with Crippen molar-refractivity contribution in [2.45, 2.75) is 45.8 Å². The maximum atomic E-state index is 11.6. The van der Waals surface area contributed by atoms with Crippen LogP contribution >= 0.6 is 0 Å². The highest BCUT2D eigenvalue weighted by Crippen LogP contribution is 2.20. The van der Waals surface area contributed by atoms with E-state index in [2.05, 4.69) is 10.3 Å². The Kier molecular flexibility index (Phi) is 6.22. The Hall–Kier alpha value is -2.24. The molecule has 3 N–H and O–H groups in total. The van der Waals surface area contributed by atoms with E-state index in [0.717, 1.165) is 5.56 Å². The number of methoxy groups -OCH3 is 1. The number of nitrogens with two attached hydrogens (primary N) is 1. The normalized spacial score (nSPS) is 13.0. The first kappa shape index (κ1) is 17.8. The number of anilines is 1. The van der Waals surface area contributed by atoms with Gasteiger partial charge in [0.15, 0.2) is 0 Å². The van der Waals surface area contributed by atoms with E-state index >= 15 is 0 Å². The Morgan fingerprint density at radius 3 is 2.77 bits per heavy atom. The number of ether oxygens (including phenoxy) is 2. The van der Waals surface area contributed by atoms with Crippen LogP contribution in [-0.4, -0.2) is 29.8 Å². The lowest BCUT2D eigenvalue weighted by molar-refractivity contribution is 0.0509. The molecule has 0 saturated carbocycles. The zero-order chi connectivity index (χ0) is 16.8. The first-order valence-electron chi connectivity index (χ1n) is 7.17. The highest BCUT2D eigenvalue weighted by atomic mass is 16.6. The van der Waals surface area contributed by atoms with Crippen molar-refractivity contribution in [2.75, 3.05) is 12.8 Å². The van der Waals surface area contributed by atoms with Crippen molar-refractivity contribution in [1.29, 1.82) is 0 Å². The Morgan fingerprint density at radius 2 is 2.18 bits per heavy atom. The van der Waals surface area contributed by atoms with Crippen LogP contribution in [0.5, 0.6) is 5.75 Å². The number of hydrogen-bond acceptors (Lipinski definition) is 5. The van der Waals surface area contributed by atoms with Gasteiger partial charge in [0.2, 0.25) is 0 Å². The third kappa shape index (κ3) is 6.47. The first-order valence-corrected chi connectivity index (χ1v) is 7.17. The van der Waals surface area contributed by atoms with Gasteiger partial charge in [0, 0.05) is 23.9 Å². The molecule has 0 unspecified atom stereocenters. The molecule has 0 fully saturated rings. The second-order valence-corrected chi connectivity index (χ2v) is 6.04. The summed E-state index contributed by atoms with van der Waals surface area (Å²) in [6.45, 7) is 7.40. The molecule has 1 amide bonds. The zero-order valence-corrected chi connectivity index (χ0v) is 13.8. The highest BCUT2D eigenvalue weighted by Gasteiger charge is 2.17. The van der Waals surface area contributed by atoms with Crippen molar-refractivity contribution >= 4 is 18.0 Å². The molecule has 0 aromatic carbocycles. The molecule has 0 spiro atoms. The Labute approximate surface area is 131 Å². The summed E-state index contributed by atoms with van der Waals surface area (Å²) in [4.78, 5) is 15.7. The van der Waals surface area contributed by atoms with E-state index in [-0.39, 0.29) is 6.04 Å². The average molecular weight is 307 g/mol. The molecule has 122 valence electrons. The summed E-state index contributed by atoms with van der Waals surface area (Å²) < 4.78 is 10.4. The van der Waals surface area contributed by atoms with Gasteiger partial charge < -0.3 is 20.5 Å². The molecular weight excluding hydrogens is 282 g/mol. The second kappa shape index (κ2) is 7.68. The van der Waals surface area contributed by atoms with Crippen LogP contribution < -0.4 is 15.8 Å². The molecule has 0 radical (unpaired) electrons. The van der Waals surface area contributed by atoms with Gasteiger partial charge in [-0.25, -0.2) is 9.78 Å². The number of carbonyl (C=O) groups is 1. The molecule has 0 bridgehead atoms. The molecule has 1 atom stereocenters. The van der Waals surface area contributed by atoms with Gasteiger partial charge in [-0.3, -0.25) is 0 Å². The monoisotopic (exact) mass is 307 g/mol. The van der Waals surface area contributed by atoms with Crippen LogP contribution in [0, 0.1) is 0 Å². The smallest absolute Gasteiger partial charge is 0.407 e. The number of rotatable bonds is 5. The Bertz CT molecular complexity index is 536. The number of alkyl carbamates (subject to hydrolysis) is 1. The first-order chi connectivity index (χ1) is 10.2. The van der Waals surface area contributed by atoms with Crippen molar-refractivity contribution in [3.63, 3.8) is 0 Å². The lowest BCUT2D eigenvalue weighted by Crippen LogP contribution is -2.37. The van der Waals surface area contributed by atoms with E-state index in [1.165, 1.54) is 0 Å². The van der Waals surface area contributed by atoms with Crippen LogP contribution in [0.1, 0.15) is 39.7 Å². The van der Waals surface area contributed by atoms with E-state index < -0.39 is 11.7 Å². The van der Waals surface area contributed by atoms with Crippen molar-refractivity contribution < 1.29 is 14.3 Å². The molecular formula is C16H25N3O3. The largest absolute Gasteiger partial charge is 0.496 e. The molecule has 0 aliphatic rings. The van der Waals surface area contributed by atoms with Gasteiger partial charge in [0.05, 0.1) is 7.11 Å². The number of nitrogen functional groups attached to an aromatic ring is 1. The molecule has 6 heteroatoms. The molecule has 22 heavy (non-hydrogen) atoms. The summed E-state index contributed by atoms with van der Waals surface area (Å²) in [6.07, 6.45) is 5.72. The molecule has 1 heterocycles. The van der Waals surface area contributed by atoms with Crippen molar-refractivity contribution in [3.8, 4) is 5.75 Å². The molecule has 1 aromatic heterocycles. The van der Waals surface area contributed by atoms with Gasteiger partial charge in [-0.1, -0.05) is 12.2 Å². The Morgan fingerprint density at radius 1 is 1.50 bits per heavy atom. The minimum atomic E-state index is -0.497. The second-order valence-electron chi connectivity index (χ2n) is 6.04. The predicted octanol–water partition coefficient (Wildman–Crippen LogP) is 2.99. The predicted molar refractivity (Wildman–Crippen MR) is 87.7 cm³/mol. The molecule has 0 aliphatic heterocycles. The number of carbonyl (C=O) groups excluding carboxylic acids is 1. The van der Waals surface area contributed by atoms with E-state index in [1.54, 1.807) is 19.4 Å². The highest BCUT2D eigenvalue weighted by molar-refractivity contribution is 5.68. The summed E-state index contributed by atoms with van der Waals surface area (Å²) in [5.41, 5.74) is 5.95. The quantitative estimate of drug-likeness (QED) is 0.873. The molecule has 6 nitrogen and oxygen atoms in total. The number of amides is 1. The molecule has 1 aromatic rings. The third-order valence-corrected chi connectivity index (χ3v) is 2.69. The fourth-order valence-corrected chi connectivity index (χ4v) is 1.73. The van der Waals surface area contributed by atoms with Crippen molar-refractivity contribution in [2.24, 2.45) is 0 Å². The maximum Gasteiger partial charge on any atom is 0.407 e. The molecule has 1 rings (SSSR count). The van der Waals surface area contributed by atoms with Crippen molar-refractivity contribution in [1.82, 2.24) is 10.3 Å². The average Bonchev–Trinajstić information content (AvgIpc) is 2.37. The molecule has 0 aliphatic carbocycles. The summed E-state index contributed by atoms with van der Waals surface area (Å²) in [5, 5.41) is 2.78. The fourth-order valence-electron chi connectivity index (χ4n) is 1.73. The summed E-state index contributed by atoms with van der Waals surface area (Å²) >= 11 is 0. The third-order valence-electron chi connectivity index (χ3n) is 2.69. The number of pyridine rings is 1. The standard InChI is InChI=1S/C16H25N3O3/c1-11(19-15(20)22-16(2,3)4)7-6-8-12-10-18-14(17)9-13(12)21-5/h6,8-11H,7H2,1-5H3,(H2,17,18)(H,19,20)/b8-6+/t11-/m0/s1. The van der Waals surface area contributed by atoms with Gasteiger partial charge in [-0.2, -0.15) is 0 Å². The fraction of sp³-hybridized carbons (Fsp3) is 0.500. The Balaban J connectivity index is 2.53. The lowest BCUT2D eigenvalue weighted by atomic mass is 10.1. The van der Waals surface area contributed by atoms with Crippen LogP contribution in [0.15, 0.2) is 18.3 Å². The van der Waals surface area contributed by atoms with Gasteiger partial charge in [0.1, 0.15) is 17.2 Å². The number of hydrogen-bond donors (Lipinski definition) is 2. The SMILES string of the molecule is COc1cc(N)ncc1/C=C/C[C@H](C)NC(=O)OC(C)(C)C. The molecule has 0 saturated heterocycles. The number of nitrogens with zero attached hydrogens (tertiary/aromatic N) is 1. The minimum Gasteiger partial charge on any atom is -0.496 e. The van der Waals surface area contributed by atoms with Crippen LogP contribution in [-0.2, 0) is 4.74 Å². The van der Waals surface area contributed by atoms with Crippen LogP contribution in [0.2, 0.25) is 0 Å². The van der Waals surface area contributed by atoms with Crippen molar-refractivity contribution in [3.05, 3.63) is 23.9 Å². The minimum absolute atomic E-state index is 0.0427. The van der Waals surface area contributed by atoms with E-state index in [0.29, 0.717) is 18.0 Å². The van der Waals surface area contributed by atoms with Crippen LogP contribution in [0.4, 0.5) is 10.6 Å². The van der Waals surface area contributed by atoms with E-state index in [1.807, 2.05) is 39.8 Å². The summed E-state index contributed by atoms with van der Waals surface area (Å²) in [6, 6.07) is 1.63. The van der Waals surface area contributed by atoms with E-state index in [4.69, 9.17) is 15.2 Å². The van der Waals surface area contributed by atoms with Gasteiger partial charge in [-0.05, 0) is 34.1 Å². The van der Waals surface area contributed by atoms with Crippen LogP contribution in [0.3, 0.4) is 0 Å². The topological polar surface area (TPSA) is 86.5 Å². The number of aromatic nitrogens is 1. The number of nitrogens with one attached hydrogen (secondary N) is 1. The van der Waals surface area contributed by atoms with E-state index in [9.17, 15) is 4.79 Å². The summed E-state index contributed by atoms with van der Waals surface area (Å²) in [7, 11) is 1.58. The van der Waals surface area contributed by atoms with Gasteiger partial charge >= 0.3 is 6.09 Å². The zero-order valence-electron chi connectivity index (χ0n) is 13.8. The van der Waals surface area contributed by atoms with Crippen LogP contribution in [0.25, 0.3) is 6.08 Å². The maximum absolute atomic E-state index is 11.6.